The SMILES string of the molecule is COc1cccc([C@H]2CCN(Cc3ccn[nH]3)C2)c1OC. The molecule has 1 N–H and O–H groups in total. The Morgan fingerprint density at radius 3 is 2.90 bits per heavy atom. The van der Waals surface area contributed by atoms with Crippen molar-refractivity contribution < 1.29 is 9.47 Å². The van der Waals surface area contributed by atoms with Crippen molar-refractivity contribution in [2.24, 2.45) is 0 Å². The number of hydrogen-bond acceptors (Lipinski definition) is 4. The van der Waals surface area contributed by atoms with Crippen molar-refractivity contribution >= 4 is 0 Å². The van der Waals surface area contributed by atoms with E-state index in [9.17, 15) is 0 Å². The fourth-order valence-electron chi connectivity index (χ4n) is 3.08. The van der Waals surface area contributed by atoms with E-state index in [1.165, 1.54) is 5.56 Å². The number of aromatic nitrogens is 2. The molecule has 3 rings (SSSR count). The maximum Gasteiger partial charge on any atom is 0.164 e. The molecule has 5 heteroatoms. The summed E-state index contributed by atoms with van der Waals surface area (Å²) in [5.41, 5.74) is 2.40. The quantitative estimate of drug-likeness (QED) is 0.917. The molecule has 2 heterocycles. The number of methoxy groups -OCH3 is 2. The fraction of sp³-hybridized carbons (Fsp3) is 0.438. The molecule has 1 fully saturated rings. The van der Waals surface area contributed by atoms with Gasteiger partial charge in [0.15, 0.2) is 11.5 Å². The average molecular weight is 287 g/mol. The van der Waals surface area contributed by atoms with Gasteiger partial charge in [0.2, 0.25) is 0 Å². The fourth-order valence-corrected chi connectivity index (χ4v) is 3.08. The third-order valence-electron chi connectivity index (χ3n) is 4.10. The van der Waals surface area contributed by atoms with Crippen molar-refractivity contribution in [3.05, 3.63) is 41.7 Å². The van der Waals surface area contributed by atoms with Crippen LogP contribution in [0.4, 0.5) is 0 Å². The maximum atomic E-state index is 5.56. The lowest BCUT2D eigenvalue weighted by Gasteiger charge is -2.18. The van der Waals surface area contributed by atoms with E-state index in [1.54, 1.807) is 20.4 Å². The van der Waals surface area contributed by atoms with Gasteiger partial charge in [0.1, 0.15) is 0 Å². The Morgan fingerprint density at radius 1 is 1.29 bits per heavy atom. The largest absolute Gasteiger partial charge is 0.493 e. The molecule has 1 atom stereocenters. The van der Waals surface area contributed by atoms with Crippen LogP contribution in [0, 0.1) is 0 Å². The zero-order valence-corrected chi connectivity index (χ0v) is 12.5. The Kier molecular flexibility index (Phi) is 4.10. The van der Waals surface area contributed by atoms with E-state index in [2.05, 4.69) is 21.2 Å². The van der Waals surface area contributed by atoms with E-state index in [1.807, 2.05) is 18.2 Å². The van der Waals surface area contributed by atoms with Gasteiger partial charge in [-0.05, 0) is 25.1 Å². The van der Waals surface area contributed by atoms with Crippen LogP contribution in [0.15, 0.2) is 30.5 Å². The van der Waals surface area contributed by atoms with E-state index in [-0.39, 0.29) is 0 Å². The highest BCUT2D eigenvalue weighted by Gasteiger charge is 2.27. The number of para-hydroxylation sites is 1. The molecule has 0 amide bonds. The number of hydrogen-bond donors (Lipinski definition) is 1. The maximum absolute atomic E-state index is 5.56. The standard InChI is InChI=1S/C16H21N3O2/c1-20-15-5-3-4-14(16(15)21-2)12-7-9-19(10-12)11-13-6-8-17-18-13/h3-6,8,12H,7,9-11H2,1-2H3,(H,17,18)/t12-/m0/s1. The molecule has 2 aromatic rings. The molecule has 0 radical (unpaired) electrons. The molecule has 1 aliphatic heterocycles. The van der Waals surface area contributed by atoms with Crippen LogP contribution in [-0.2, 0) is 6.54 Å². The summed E-state index contributed by atoms with van der Waals surface area (Å²) in [4.78, 5) is 2.44. The smallest absolute Gasteiger partial charge is 0.164 e. The molecule has 0 saturated carbocycles. The highest BCUT2D eigenvalue weighted by Crippen LogP contribution is 2.39. The zero-order valence-electron chi connectivity index (χ0n) is 12.5. The van der Waals surface area contributed by atoms with Gasteiger partial charge >= 0.3 is 0 Å². The average Bonchev–Trinajstić information content (AvgIpc) is 3.18. The van der Waals surface area contributed by atoms with Crippen LogP contribution in [-0.4, -0.2) is 42.4 Å². The minimum absolute atomic E-state index is 0.484. The second-order valence-corrected chi connectivity index (χ2v) is 5.39. The molecular weight excluding hydrogens is 266 g/mol. The number of rotatable bonds is 5. The van der Waals surface area contributed by atoms with Gasteiger partial charge in [-0.3, -0.25) is 10.00 Å². The lowest BCUT2D eigenvalue weighted by Crippen LogP contribution is -2.20. The molecule has 1 aromatic heterocycles. The number of likely N-dealkylation sites (tertiary alicyclic amines) is 1. The van der Waals surface area contributed by atoms with Crippen LogP contribution in [0.25, 0.3) is 0 Å². The number of aromatic amines is 1. The Labute approximate surface area is 124 Å². The topological polar surface area (TPSA) is 50.4 Å². The van der Waals surface area contributed by atoms with Gasteiger partial charge in [-0.25, -0.2) is 0 Å². The van der Waals surface area contributed by atoms with Crippen molar-refractivity contribution in [1.82, 2.24) is 15.1 Å². The summed E-state index contributed by atoms with van der Waals surface area (Å²) < 4.78 is 11.0. The molecule has 1 aliphatic rings. The summed E-state index contributed by atoms with van der Waals surface area (Å²) in [6.45, 7) is 3.04. The highest BCUT2D eigenvalue weighted by molar-refractivity contribution is 5.48. The molecule has 0 unspecified atom stereocenters. The first-order chi connectivity index (χ1) is 10.3. The van der Waals surface area contributed by atoms with E-state index in [0.29, 0.717) is 5.92 Å². The normalized spacial score (nSPS) is 18.9. The summed E-state index contributed by atoms with van der Waals surface area (Å²) in [5, 5.41) is 7.03. The molecule has 0 spiro atoms. The number of H-pyrrole nitrogens is 1. The predicted octanol–water partition coefficient (Wildman–Crippen LogP) is 2.42. The first-order valence-electron chi connectivity index (χ1n) is 7.23. The van der Waals surface area contributed by atoms with Crippen LogP contribution in [0.2, 0.25) is 0 Å². The van der Waals surface area contributed by atoms with Crippen molar-refractivity contribution in [2.45, 2.75) is 18.9 Å². The molecular formula is C16H21N3O2. The van der Waals surface area contributed by atoms with Gasteiger partial charge in [0.05, 0.1) is 14.2 Å². The summed E-state index contributed by atoms with van der Waals surface area (Å²) >= 11 is 0. The van der Waals surface area contributed by atoms with Gasteiger partial charge < -0.3 is 9.47 Å². The zero-order chi connectivity index (χ0) is 14.7. The first-order valence-corrected chi connectivity index (χ1v) is 7.23. The lowest BCUT2D eigenvalue weighted by atomic mass is 9.97. The molecule has 21 heavy (non-hydrogen) atoms. The molecule has 112 valence electrons. The van der Waals surface area contributed by atoms with Gasteiger partial charge in [-0.15, -0.1) is 0 Å². The number of nitrogens with one attached hydrogen (secondary N) is 1. The van der Waals surface area contributed by atoms with Gasteiger partial charge in [-0.1, -0.05) is 12.1 Å². The van der Waals surface area contributed by atoms with E-state index >= 15 is 0 Å². The minimum atomic E-state index is 0.484. The monoisotopic (exact) mass is 287 g/mol. The summed E-state index contributed by atoms with van der Waals surface area (Å²) in [7, 11) is 3.39. The van der Waals surface area contributed by atoms with Crippen molar-refractivity contribution in [2.75, 3.05) is 27.3 Å². The van der Waals surface area contributed by atoms with Crippen LogP contribution < -0.4 is 9.47 Å². The van der Waals surface area contributed by atoms with Crippen LogP contribution >= 0.6 is 0 Å². The highest BCUT2D eigenvalue weighted by atomic mass is 16.5. The van der Waals surface area contributed by atoms with E-state index in [0.717, 1.165) is 43.2 Å². The molecule has 5 nitrogen and oxygen atoms in total. The third-order valence-corrected chi connectivity index (χ3v) is 4.10. The Bertz CT molecular complexity index is 583. The van der Waals surface area contributed by atoms with Crippen LogP contribution in [0.3, 0.4) is 0 Å². The predicted molar refractivity (Wildman–Crippen MR) is 80.8 cm³/mol. The summed E-state index contributed by atoms with van der Waals surface area (Å²) in [5.74, 6) is 2.16. The van der Waals surface area contributed by atoms with Crippen molar-refractivity contribution in [1.29, 1.82) is 0 Å². The Morgan fingerprint density at radius 2 is 2.19 bits per heavy atom. The van der Waals surface area contributed by atoms with E-state index < -0.39 is 0 Å². The van der Waals surface area contributed by atoms with Crippen LogP contribution in [0.5, 0.6) is 11.5 Å². The van der Waals surface area contributed by atoms with Gasteiger partial charge in [0.25, 0.3) is 0 Å². The van der Waals surface area contributed by atoms with Gasteiger partial charge in [-0.2, -0.15) is 5.10 Å². The molecule has 0 bridgehead atoms. The second-order valence-electron chi connectivity index (χ2n) is 5.39. The van der Waals surface area contributed by atoms with Crippen molar-refractivity contribution in [3.63, 3.8) is 0 Å². The van der Waals surface area contributed by atoms with Crippen LogP contribution in [0.1, 0.15) is 23.6 Å². The Balaban J connectivity index is 1.74. The van der Waals surface area contributed by atoms with Gasteiger partial charge in [0, 0.05) is 36.5 Å². The lowest BCUT2D eigenvalue weighted by molar-refractivity contribution is 0.319. The summed E-state index contributed by atoms with van der Waals surface area (Å²) in [6.07, 6.45) is 2.94. The third kappa shape index (κ3) is 2.88. The number of nitrogens with zero attached hydrogens (tertiary/aromatic N) is 2. The second kappa shape index (κ2) is 6.18. The van der Waals surface area contributed by atoms with Crippen molar-refractivity contribution in [3.8, 4) is 11.5 Å². The molecule has 0 aliphatic carbocycles. The minimum Gasteiger partial charge on any atom is -0.493 e. The number of ether oxygens (including phenoxy) is 2. The number of benzene rings is 1. The Hall–Kier alpha value is -2.01. The first kappa shape index (κ1) is 13.9. The molecule has 1 aromatic carbocycles. The summed E-state index contributed by atoms with van der Waals surface area (Å²) in [6, 6.07) is 8.15. The van der Waals surface area contributed by atoms with E-state index in [4.69, 9.17) is 9.47 Å². The molecule has 1 saturated heterocycles.